The van der Waals surface area contributed by atoms with Gasteiger partial charge in [-0.15, -0.1) is 0 Å². The van der Waals surface area contributed by atoms with E-state index in [9.17, 15) is 0 Å². The molecule has 0 aliphatic heterocycles. The molecular weight excluding hydrogens is 224 g/mol. The monoisotopic (exact) mass is 264 g/mol. The lowest BCUT2D eigenvalue weighted by molar-refractivity contribution is 0.318. The van der Waals surface area contributed by atoms with Gasteiger partial charge in [0.1, 0.15) is 5.75 Å². The number of phenolic OH excluding ortho intramolecular Hbond substituents is 1. The van der Waals surface area contributed by atoms with Crippen LogP contribution in [0.1, 0.15) is 64.0 Å². The summed E-state index contributed by atoms with van der Waals surface area (Å²) in [4.78, 5) is 0. The molecule has 1 rings (SSSR count). The van der Waals surface area contributed by atoms with Gasteiger partial charge < -0.3 is 10.2 Å². The smallest absolute Gasteiger partial charge is 0.118 e. The first-order valence-electron chi connectivity index (χ1n) is 4.13. The van der Waals surface area contributed by atoms with Crippen LogP contribution in [0.3, 0.4) is 0 Å². The van der Waals surface area contributed by atoms with Crippen LogP contribution in [0.25, 0.3) is 0 Å². The van der Waals surface area contributed by atoms with Crippen LogP contribution in [0.4, 0.5) is 0 Å². The number of rotatable bonds is 1. The van der Waals surface area contributed by atoms with Crippen LogP contribution in [-0.4, -0.2) is 16.8 Å². The van der Waals surface area contributed by atoms with Gasteiger partial charge in [-0.05, 0) is 25.0 Å². The fourth-order valence-corrected chi connectivity index (χ4v) is 0.810. The van der Waals surface area contributed by atoms with Crippen molar-refractivity contribution < 1.29 is 10.2 Å². The third-order valence-corrected chi connectivity index (χ3v) is 1.37. The predicted octanol–water partition coefficient (Wildman–Crippen LogP) is 5.77. The third kappa shape index (κ3) is 20.4. The Labute approximate surface area is 118 Å². The molecule has 18 heavy (non-hydrogen) atoms. The Morgan fingerprint density at radius 2 is 1.17 bits per heavy atom. The maximum Gasteiger partial charge on any atom is 0.118 e. The molecule has 2 N–H and O–H groups in total. The number of aromatic hydroxyl groups is 1. The summed E-state index contributed by atoms with van der Waals surface area (Å²) in [5, 5.41) is 16.7. The molecular formula is C16H40O2. The van der Waals surface area contributed by atoms with Crippen LogP contribution >= 0.6 is 0 Å². The van der Waals surface area contributed by atoms with Gasteiger partial charge in [0.15, 0.2) is 0 Å². The second kappa shape index (κ2) is 29.7. The normalized spacial score (nSPS) is 5.72. The molecule has 0 fully saturated rings. The number of hydrogen-bond donors (Lipinski definition) is 2. The number of para-hydroxylation sites is 1. The molecule has 0 aromatic heterocycles. The van der Waals surface area contributed by atoms with Crippen molar-refractivity contribution in [3.63, 3.8) is 0 Å². The number of aliphatic hydroxyl groups excluding tert-OH is 1. The van der Waals surface area contributed by atoms with E-state index >= 15 is 0 Å². The highest BCUT2D eigenvalue weighted by Crippen LogP contribution is 2.14. The molecule has 0 aliphatic carbocycles. The highest BCUT2D eigenvalue weighted by molar-refractivity contribution is 5.31. The Hall–Kier alpha value is -1.02. The van der Waals surface area contributed by atoms with E-state index in [1.54, 1.807) is 13.0 Å². The molecule has 0 unspecified atom stereocenters. The first-order valence-corrected chi connectivity index (χ1v) is 4.13. The van der Waals surface area contributed by atoms with E-state index < -0.39 is 0 Å². The van der Waals surface area contributed by atoms with Crippen molar-refractivity contribution >= 4 is 0 Å². The van der Waals surface area contributed by atoms with Gasteiger partial charge >= 0.3 is 0 Å². The summed E-state index contributed by atoms with van der Waals surface area (Å²) >= 11 is 0. The van der Waals surface area contributed by atoms with Gasteiger partial charge in [0.05, 0.1) is 0 Å². The largest absolute Gasteiger partial charge is 0.508 e. The summed E-state index contributed by atoms with van der Waals surface area (Å²) in [6, 6.07) is 7.39. The summed E-state index contributed by atoms with van der Waals surface area (Å²) in [5.41, 5.74) is 1.01. The van der Waals surface area contributed by atoms with Crippen LogP contribution in [0.15, 0.2) is 24.3 Å². The second-order valence-electron chi connectivity index (χ2n) is 2.30. The number of phenols is 1. The van der Waals surface area contributed by atoms with E-state index in [2.05, 4.69) is 0 Å². The summed E-state index contributed by atoms with van der Waals surface area (Å²) in [7, 11) is 0. The zero-order valence-electron chi connectivity index (χ0n) is 7.62. The molecule has 116 valence electrons. The highest BCUT2D eigenvalue weighted by atomic mass is 16.3. The van der Waals surface area contributed by atoms with Crippen molar-refractivity contribution in [2.45, 2.75) is 64.8 Å². The molecule has 0 spiro atoms. The average molecular weight is 264 g/mol. The first kappa shape index (κ1) is 43.5. The molecule has 2 nitrogen and oxygen atoms in total. The minimum absolute atomic E-state index is 0. The summed E-state index contributed by atoms with van der Waals surface area (Å²) < 4.78 is 0. The Balaban J connectivity index is -0.0000000249. The fraction of sp³-hybridized carbons (Fsp3) is 0.625. The first-order chi connectivity index (χ1) is 5.76. The molecule has 0 radical (unpaired) electrons. The molecule has 0 saturated carbocycles. The van der Waals surface area contributed by atoms with Crippen molar-refractivity contribution in [2.24, 2.45) is 0 Å². The van der Waals surface area contributed by atoms with Crippen LogP contribution < -0.4 is 0 Å². The predicted molar refractivity (Wildman–Crippen MR) is 90.6 cm³/mol. The van der Waals surface area contributed by atoms with Crippen LogP contribution in [-0.2, 0) is 6.42 Å². The maximum absolute atomic E-state index is 9.11. The second-order valence-corrected chi connectivity index (χ2v) is 2.30. The molecule has 0 saturated heterocycles. The van der Waals surface area contributed by atoms with Gasteiger partial charge in [0.2, 0.25) is 0 Å². The molecule has 0 amide bonds. The van der Waals surface area contributed by atoms with Crippen molar-refractivity contribution in [3.05, 3.63) is 29.8 Å². The van der Waals surface area contributed by atoms with E-state index in [1.165, 1.54) is 0 Å². The SMILES string of the molecule is C.C.C.C.C.C.CCO.CCc1ccccc1O. The number of hydrogen-bond acceptors (Lipinski definition) is 2. The van der Waals surface area contributed by atoms with Crippen LogP contribution in [0.5, 0.6) is 5.75 Å². The van der Waals surface area contributed by atoms with Gasteiger partial charge in [0, 0.05) is 6.61 Å². The van der Waals surface area contributed by atoms with E-state index in [4.69, 9.17) is 10.2 Å². The lowest BCUT2D eigenvalue weighted by Gasteiger charge is -1.97. The van der Waals surface area contributed by atoms with E-state index in [1.807, 2.05) is 25.1 Å². The summed E-state index contributed by atoms with van der Waals surface area (Å²) in [5.74, 6) is 0.403. The third-order valence-electron chi connectivity index (χ3n) is 1.37. The van der Waals surface area contributed by atoms with Crippen molar-refractivity contribution in [2.75, 3.05) is 6.61 Å². The van der Waals surface area contributed by atoms with Gasteiger partial charge in [-0.1, -0.05) is 69.7 Å². The molecule has 0 bridgehead atoms. The zero-order valence-corrected chi connectivity index (χ0v) is 7.62. The number of benzene rings is 1. The van der Waals surface area contributed by atoms with Gasteiger partial charge in [-0.25, -0.2) is 0 Å². The standard InChI is InChI=1S/C8H10O.C2H6O.6CH4/c1-2-7-5-3-4-6-8(7)9;1-2-3;;;;;;/h3-6,9H,2H2,1H3;3H,2H2,1H3;6*1H4. The molecule has 0 atom stereocenters. The molecule has 2 heteroatoms. The van der Waals surface area contributed by atoms with Crippen molar-refractivity contribution in [1.82, 2.24) is 0 Å². The lowest BCUT2D eigenvalue weighted by Crippen LogP contribution is -1.77. The van der Waals surface area contributed by atoms with E-state index in [-0.39, 0.29) is 51.2 Å². The van der Waals surface area contributed by atoms with Crippen molar-refractivity contribution in [3.8, 4) is 5.75 Å². The Morgan fingerprint density at radius 3 is 1.39 bits per heavy atom. The van der Waals surface area contributed by atoms with Gasteiger partial charge in [-0.3, -0.25) is 0 Å². The minimum Gasteiger partial charge on any atom is -0.508 e. The zero-order chi connectivity index (χ0) is 9.40. The number of aliphatic hydroxyl groups is 1. The van der Waals surface area contributed by atoms with Crippen molar-refractivity contribution in [1.29, 1.82) is 0 Å². The highest BCUT2D eigenvalue weighted by Gasteiger charge is 1.92. The van der Waals surface area contributed by atoms with E-state index in [0.717, 1.165) is 12.0 Å². The summed E-state index contributed by atoms with van der Waals surface area (Å²) in [6.45, 7) is 3.95. The Morgan fingerprint density at radius 1 is 0.833 bits per heavy atom. The van der Waals surface area contributed by atoms with Crippen LogP contribution in [0, 0.1) is 0 Å². The summed E-state index contributed by atoms with van der Waals surface area (Å²) in [6.07, 6.45) is 0.896. The molecule has 0 aliphatic rings. The molecule has 0 heterocycles. The maximum atomic E-state index is 9.11. The topological polar surface area (TPSA) is 40.5 Å². The van der Waals surface area contributed by atoms with E-state index in [0.29, 0.717) is 5.75 Å². The molecule has 1 aromatic carbocycles. The Bertz CT molecular complexity index is 210. The fourth-order valence-electron chi connectivity index (χ4n) is 0.810. The Kier molecular flexibility index (Phi) is 71.9. The average Bonchev–Trinajstić information content (AvgIpc) is 2.07. The minimum atomic E-state index is 0. The number of aryl methyl sites for hydroxylation is 1. The van der Waals surface area contributed by atoms with Crippen LogP contribution in [0.2, 0.25) is 0 Å². The van der Waals surface area contributed by atoms with Gasteiger partial charge in [0.25, 0.3) is 0 Å². The van der Waals surface area contributed by atoms with Gasteiger partial charge in [-0.2, -0.15) is 0 Å². The quantitative estimate of drug-likeness (QED) is 0.676. The lowest BCUT2D eigenvalue weighted by atomic mass is 10.1. The molecule has 1 aromatic rings.